The molecule has 0 atom stereocenters. The summed E-state index contributed by atoms with van der Waals surface area (Å²) in [6.45, 7) is 5.53. The Balaban J connectivity index is 1.41. The Morgan fingerprint density at radius 2 is 1.90 bits per heavy atom. The molecule has 0 aromatic heterocycles. The van der Waals surface area contributed by atoms with Gasteiger partial charge < -0.3 is 9.84 Å². The SMILES string of the molecule is CN1CN(CC2COC2)C2(C1)CC1(CCC(O)CC1)C2. The van der Waals surface area contributed by atoms with Gasteiger partial charge in [0, 0.05) is 24.5 Å². The number of ether oxygens (including phenoxy) is 1. The van der Waals surface area contributed by atoms with Crippen LogP contribution in [0.25, 0.3) is 0 Å². The van der Waals surface area contributed by atoms with Gasteiger partial charge in [0.25, 0.3) is 0 Å². The van der Waals surface area contributed by atoms with Crippen molar-refractivity contribution in [3.05, 3.63) is 0 Å². The zero-order valence-corrected chi connectivity index (χ0v) is 12.7. The minimum Gasteiger partial charge on any atom is -0.393 e. The first kappa shape index (κ1) is 13.5. The molecule has 4 rings (SSSR count). The molecule has 4 aliphatic rings. The maximum atomic E-state index is 9.74. The second-order valence-electron chi connectivity index (χ2n) is 8.09. The van der Waals surface area contributed by atoms with E-state index in [0.29, 0.717) is 11.0 Å². The molecule has 0 aromatic carbocycles. The van der Waals surface area contributed by atoms with Crippen LogP contribution in [0, 0.1) is 11.3 Å². The first-order chi connectivity index (χ1) is 9.59. The lowest BCUT2D eigenvalue weighted by atomic mass is 9.51. The normalized spacial score (nSPS) is 46.8. The van der Waals surface area contributed by atoms with Gasteiger partial charge in [0.2, 0.25) is 0 Å². The highest BCUT2D eigenvalue weighted by Crippen LogP contribution is 2.60. The van der Waals surface area contributed by atoms with E-state index in [9.17, 15) is 5.11 Å². The molecule has 2 saturated carbocycles. The number of hydrogen-bond donors (Lipinski definition) is 1. The van der Waals surface area contributed by atoms with Crippen LogP contribution >= 0.6 is 0 Å². The van der Waals surface area contributed by atoms with Gasteiger partial charge in [-0.3, -0.25) is 9.80 Å². The lowest BCUT2D eigenvalue weighted by molar-refractivity contribution is -0.115. The fourth-order valence-corrected chi connectivity index (χ4v) is 5.30. The minimum atomic E-state index is -0.0216. The molecular formula is C16H28N2O2. The van der Waals surface area contributed by atoms with Crippen molar-refractivity contribution in [2.24, 2.45) is 11.3 Å². The molecule has 2 saturated heterocycles. The van der Waals surface area contributed by atoms with Gasteiger partial charge in [-0.1, -0.05) is 0 Å². The van der Waals surface area contributed by atoms with Gasteiger partial charge >= 0.3 is 0 Å². The summed E-state index contributed by atoms with van der Waals surface area (Å²) < 4.78 is 5.35. The van der Waals surface area contributed by atoms with E-state index in [1.165, 1.54) is 38.8 Å². The zero-order valence-electron chi connectivity index (χ0n) is 12.7. The predicted octanol–water partition coefficient (Wildman–Crippen LogP) is 1.29. The molecule has 114 valence electrons. The van der Waals surface area contributed by atoms with Crippen molar-refractivity contribution in [2.45, 2.75) is 50.2 Å². The molecule has 2 aliphatic heterocycles. The van der Waals surface area contributed by atoms with Crippen LogP contribution in [-0.2, 0) is 4.74 Å². The number of likely N-dealkylation sites (N-methyl/N-ethyl adjacent to an activating group) is 1. The van der Waals surface area contributed by atoms with Crippen molar-refractivity contribution in [2.75, 3.05) is 40.0 Å². The molecule has 4 fully saturated rings. The lowest BCUT2D eigenvalue weighted by Gasteiger charge is -2.60. The largest absolute Gasteiger partial charge is 0.393 e. The Labute approximate surface area is 122 Å². The summed E-state index contributed by atoms with van der Waals surface area (Å²) in [5, 5.41) is 9.74. The summed E-state index contributed by atoms with van der Waals surface area (Å²) in [7, 11) is 2.26. The standard InChI is InChI=1S/C16H28N2O2/c1-17-11-16(18(12-17)6-13-7-20-8-13)9-15(10-16)4-2-14(19)3-5-15/h13-14,19H,2-12H2,1H3. The summed E-state index contributed by atoms with van der Waals surface area (Å²) in [4.78, 5) is 5.24. The third kappa shape index (κ3) is 2.12. The van der Waals surface area contributed by atoms with Crippen LogP contribution in [0.4, 0.5) is 0 Å². The van der Waals surface area contributed by atoms with Gasteiger partial charge in [-0.25, -0.2) is 0 Å². The third-order valence-corrected chi connectivity index (χ3v) is 6.26. The van der Waals surface area contributed by atoms with Gasteiger partial charge in [0.1, 0.15) is 0 Å². The molecule has 0 bridgehead atoms. The Morgan fingerprint density at radius 3 is 2.50 bits per heavy atom. The average molecular weight is 280 g/mol. The topological polar surface area (TPSA) is 35.9 Å². The van der Waals surface area contributed by atoms with E-state index in [2.05, 4.69) is 16.8 Å². The van der Waals surface area contributed by atoms with Crippen molar-refractivity contribution >= 4 is 0 Å². The monoisotopic (exact) mass is 280 g/mol. The van der Waals surface area contributed by atoms with Crippen molar-refractivity contribution in [1.82, 2.24) is 9.80 Å². The smallest absolute Gasteiger partial charge is 0.0540 e. The van der Waals surface area contributed by atoms with Crippen LogP contribution < -0.4 is 0 Å². The Morgan fingerprint density at radius 1 is 1.20 bits per heavy atom. The molecule has 2 aliphatic carbocycles. The third-order valence-electron chi connectivity index (χ3n) is 6.26. The highest BCUT2D eigenvalue weighted by Gasteiger charge is 2.60. The zero-order chi connectivity index (χ0) is 13.8. The summed E-state index contributed by atoms with van der Waals surface area (Å²) in [5.41, 5.74) is 1.02. The summed E-state index contributed by atoms with van der Waals surface area (Å²) in [5.74, 6) is 0.767. The van der Waals surface area contributed by atoms with E-state index >= 15 is 0 Å². The second-order valence-corrected chi connectivity index (χ2v) is 8.09. The molecule has 2 spiro atoms. The molecule has 4 heteroatoms. The highest BCUT2D eigenvalue weighted by atomic mass is 16.5. The van der Waals surface area contributed by atoms with E-state index < -0.39 is 0 Å². The Hall–Kier alpha value is -0.160. The fraction of sp³-hybridized carbons (Fsp3) is 1.00. The second kappa shape index (κ2) is 4.67. The number of aliphatic hydroxyl groups is 1. The van der Waals surface area contributed by atoms with Gasteiger partial charge in [-0.05, 0) is 51.0 Å². The van der Waals surface area contributed by atoms with E-state index in [1.54, 1.807) is 0 Å². The molecule has 0 amide bonds. The van der Waals surface area contributed by atoms with Crippen molar-refractivity contribution in [1.29, 1.82) is 0 Å². The summed E-state index contributed by atoms with van der Waals surface area (Å²) in [6, 6.07) is 0. The number of nitrogens with zero attached hydrogens (tertiary/aromatic N) is 2. The van der Waals surface area contributed by atoms with Gasteiger partial charge in [0.05, 0.1) is 26.0 Å². The van der Waals surface area contributed by atoms with Crippen LogP contribution in [0.1, 0.15) is 38.5 Å². The molecular weight excluding hydrogens is 252 g/mol. The van der Waals surface area contributed by atoms with Crippen molar-refractivity contribution in [3.63, 3.8) is 0 Å². The van der Waals surface area contributed by atoms with Crippen LogP contribution in [-0.4, -0.2) is 66.6 Å². The molecule has 0 unspecified atom stereocenters. The van der Waals surface area contributed by atoms with Crippen LogP contribution in [0.15, 0.2) is 0 Å². The first-order valence-electron chi connectivity index (χ1n) is 8.29. The van der Waals surface area contributed by atoms with E-state index in [4.69, 9.17) is 4.74 Å². The highest BCUT2D eigenvalue weighted by molar-refractivity contribution is 5.14. The molecule has 20 heavy (non-hydrogen) atoms. The number of rotatable bonds is 2. The predicted molar refractivity (Wildman–Crippen MR) is 77.4 cm³/mol. The summed E-state index contributed by atoms with van der Waals surface area (Å²) in [6.07, 6.45) is 7.27. The Kier molecular flexibility index (Phi) is 3.15. The minimum absolute atomic E-state index is 0.0216. The van der Waals surface area contributed by atoms with Crippen LogP contribution in [0.2, 0.25) is 0 Å². The quantitative estimate of drug-likeness (QED) is 0.827. The van der Waals surface area contributed by atoms with Crippen LogP contribution in [0.5, 0.6) is 0 Å². The first-order valence-corrected chi connectivity index (χ1v) is 8.29. The lowest BCUT2D eigenvalue weighted by Crippen LogP contribution is -2.63. The fourth-order valence-electron chi connectivity index (χ4n) is 5.30. The van der Waals surface area contributed by atoms with Gasteiger partial charge in [0.15, 0.2) is 0 Å². The maximum Gasteiger partial charge on any atom is 0.0540 e. The number of hydrogen-bond acceptors (Lipinski definition) is 4. The maximum absolute atomic E-state index is 9.74. The molecule has 1 N–H and O–H groups in total. The molecule has 0 aromatic rings. The summed E-state index contributed by atoms with van der Waals surface area (Å²) >= 11 is 0. The van der Waals surface area contributed by atoms with E-state index in [0.717, 1.165) is 38.6 Å². The van der Waals surface area contributed by atoms with Gasteiger partial charge in [-0.15, -0.1) is 0 Å². The van der Waals surface area contributed by atoms with E-state index in [1.807, 2.05) is 0 Å². The van der Waals surface area contributed by atoms with Gasteiger partial charge in [-0.2, -0.15) is 0 Å². The number of aliphatic hydroxyl groups excluding tert-OH is 1. The van der Waals surface area contributed by atoms with Crippen LogP contribution in [0.3, 0.4) is 0 Å². The average Bonchev–Trinajstić information content (AvgIpc) is 2.63. The molecule has 4 nitrogen and oxygen atoms in total. The van der Waals surface area contributed by atoms with E-state index in [-0.39, 0.29) is 6.10 Å². The Bertz CT molecular complexity index is 367. The van der Waals surface area contributed by atoms with Crippen molar-refractivity contribution < 1.29 is 9.84 Å². The molecule has 2 heterocycles. The molecule has 0 radical (unpaired) electrons. The van der Waals surface area contributed by atoms with Crippen molar-refractivity contribution in [3.8, 4) is 0 Å².